The Bertz CT molecular complexity index is 625. The Morgan fingerprint density at radius 2 is 1.86 bits per heavy atom. The van der Waals surface area contributed by atoms with Gasteiger partial charge < -0.3 is 14.4 Å². The number of morpholine rings is 1. The molecule has 114 valence electrons. The van der Waals surface area contributed by atoms with E-state index in [0.29, 0.717) is 13.2 Å². The minimum absolute atomic E-state index is 0.0269. The zero-order valence-corrected chi connectivity index (χ0v) is 12.6. The smallest absolute Gasteiger partial charge is 0.248 e. The summed E-state index contributed by atoms with van der Waals surface area (Å²) in [5.41, 5.74) is 2.20. The summed E-state index contributed by atoms with van der Waals surface area (Å²) in [6.45, 7) is 1.29. The molecule has 0 bridgehead atoms. The molecule has 0 aromatic heterocycles. The van der Waals surface area contributed by atoms with Crippen LogP contribution in [0.25, 0.3) is 0 Å². The normalized spacial score (nSPS) is 18.3. The van der Waals surface area contributed by atoms with Crippen LogP contribution in [0.4, 0.5) is 0 Å². The van der Waals surface area contributed by atoms with Gasteiger partial charge in [0.2, 0.25) is 5.91 Å². The molecule has 4 nitrogen and oxygen atoms in total. The van der Waals surface area contributed by atoms with Gasteiger partial charge in [-0.2, -0.15) is 0 Å². The molecule has 2 aromatic carbocycles. The van der Waals surface area contributed by atoms with Gasteiger partial charge in [-0.05, 0) is 23.3 Å². The average Bonchev–Trinajstić information content (AvgIpc) is 2.57. The van der Waals surface area contributed by atoms with Gasteiger partial charge in [-0.25, -0.2) is 0 Å². The van der Waals surface area contributed by atoms with E-state index >= 15 is 0 Å². The standard InChI is InChI=1S/C18H19NO3/c1-19-11-17(22-13-18(19)20)15-7-9-16(10-8-15)21-12-14-5-3-2-4-6-14/h2-10,17H,11-13H2,1H3/t17-/m0/s1. The Morgan fingerprint density at radius 3 is 2.55 bits per heavy atom. The number of ether oxygens (including phenoxy) is 2. The van der Waals surface area contributed by atoms with Crippen LogP contribution >= 0.6 is 0 Å². The van der Waals surface area contributed by atoms with Gasteiger partial charge in [0.15, 0.2) is 0 Å². The lowest BCUT2D eigenvalue weighted by Gasteiger charge is -2.30. The summed E-state index contributed by atoms with van der Waals surface area (Å²) in [4.78, 5) is 13.1. The summed E-state index contributed by atoms with van der Waals surface area (Å²) >= 11 is 0. The van der Waals surface area contributed by atoms with E-state index in [2.05, 4.69) is 0 Å². The molecule has 4 heteroatoms. The molecule has 0 N–H and O–H groups in total. The fourth-order valence-electron chi connectivity index (χ4n) is 2.41. The summed E-state index contributed by atoms with van der Waals surface area (Å²) in [6, 6.07) is 17.9. The first-order chi connectivity index (χ1) is 10.7. The fourth-order valence-corrected chi connectivity index (χ4v) is 2.41. The number of carbonyl (C=O) groups is 1. The zero-order valence-electron chi connectivity index (χ0n) is 12.6. The highest BCUT2D eigenvalue weighted by Crippen LogP contribution is 2.24. The summed E-state index contributed by atoms with van der Waals surface area (Å²) in [5.74, 6) is 0.854. The zero-order chi connectivity index (χ0) is 15.4. The molecule has 0 radical (unpaired) electrons. The third-order valence-corrected chi connectivity index (χ3v) is 3.77. The monoisotopic (exact) mass is 297 g/mol. The maximum absolute atomic E-state index is 11.4. The molecule has 1 aliphatic rings. The number of nitrogens with zero attached hydrogens (tertiary/aromatic N) is 1. The van der Waals surface area contributed by atoms with Crippen LogP contribution in [0.5, 0.6) is 5.75 Å². The second kappa shape index (κ2) is 6.62. The van der Waals surface area contributed by atoms with Crippen molar-refractivity contribution >= 4 is 5.91 Å². The van der Waals surface area contributed by atoms with Gasteiger partial charge in [0, 0.05) is 7.05 Å². The molecule has 1 amide bonds. The van der Waals surface area contributed by atoms with Crippen LogP contribution in [0.15, 0.2) is 54.6 Å². The number of hydrogen-bond acceptors (Lipinski definition) is 3. The molecule has 1 fully saturated rings. The van der Waals surface area contributed by atoms with Gasteiger partial charge in [-0.15, -0.1) is 0 Å². The Morgan fingerprint density at radius 1 is 1.14 bits per heavy atom. The summed E-state index contributed by atoms with van der Waals surface area (Å²) in [7, 11) is 1.80. The van der Waals surface area contributed by atoms with E-state index in [-0.39, 0.29) is 18.6 Å². The third kappa shape index (κ3) is 3.46. The number of likely N-dealkylation sites (N-methyl/N-ethyl adjacent to an activating group) is 1. The van der Waals surface area contributed by atoms with Crippen molar-refractivity contribution in [2.45, 2.75) is 12.7 Å². The Labute approximate surface area is 130 Å². The maximum Gasteiger partial charge on any atom is 0.248 e. The van der Waals surface area contributed by atoms with E-state index in [4.69, 9.17) is 9.47 Å². The van der Waals surface area contributed by atoms with E-state index in [0.717, 1.165) is 16.9 Å². The lowest BCUT2D eigenvalue weighted by atomic mass is 10.1. The van der Waals surface area contributed by atoms with Crippen molar-refractivity contribution in [2.75, 3.05) is 20.2 Å². The fraction of sp³-hybridized carbons (Fsp3) is 0.278. The van der Waals surface area contributed by atoms with E-state index < -0.39 is 0 Å². The molecule has 2 aromatic rings. The molecule has 1 heterocycles. The van der Waals surface area contributed by atoms with Crippen molar-refractivity contribution in [3.05, 3.63) is 65.7 Å². The van der Waals surface area contributed by atoms with Gasteiger partial charge in [-0.1, -0.05) is 42.5 Å². The molecule has 1 aliphatic heterocycles. The van der Waals surface area contributed by atoms with Crippen LogP contribution in [-0.4, -0.2) is 31.0 Å². The van der Waals surface area contributed by atoms with Gasteiger partial charge in [0.1, 0.15) is 25.1 Å². The van der Waals surface area contributed by atoms with Crippen LogP contribution in [-0.2, 0) is 16.1 Å². The first kappa shape index (κ1) is 14.6. The van der Waals surface area contributed by atoms with Crippen molar-refractivity contribution in [3.63, 3.8) is 0 Å². The minimum Gasteiger partial charge on any atom is -0.489 e. The minimum atomic E-state index is -0.0640. The summed E-state index contributed by atoms with van der Waals surface area (Å²) in [5, 5.41) is 0. The van der Waals surface area contributed by atoms with E-state index in [1.807, 2.05) is 54.6 Å². The summed E-state index contributed by atoms with van der Waals surface area (Å²) in [6.07, 6.45) is -0.0640. The molecule has 0 spiro atoms. The molecule has 1 saturated heterocycles. The Balaban J connectivity index is 1.59. The molecule has 1 atom stereocenters. The highest BCUT2D eigenvalue weighted by Gasteiger charge is 2.24. The molecular weight excluding hydrogens is 278 g/mol. The Hall–Kier alpha value is -2.33. The van der Waals surface area contributed by atoms with E-state index in [9.17, 15) is 4.79 Å². The largest absolute Gasteiger partial charge is 0.489 e. The molecule has 0 unspecified atom stereocenters. The van der Waals surface area contributed by atoms with Crippen molar-refractivity contribution in [3.8, 4) is 5.75 Å². The highest BCUT2D eigenvalue weighted by molar-refractivity contribution is 5.77. The predicted molar refractivity (Wildman–Crippen MR) is 83.5 cm³/mol. The number of hydrogen-bond donors (Lipinski definition) is 0. The SMILES string of the molecule is CN1C[C@@H](c2ccc(OCc3ccccc3)cc2)OCC1=O. The van der Waals surface area contributed by atoms with Crippen LogP contribution < -0.4 is 4.74 Å². The quantitative estimate of drug-likeness (QED) is 0.871. The summed E-state index contributed by atoms with van der Waals surface area (Å²) < 4.78 is 11.4. The number of amides is 1. The predicted octanol–water partition coefficient (Wildman–Crippen LogP) is 2.80. The topological polar surface area (TPSA) is 38.8 Å². The highest BCUT2D eigenvalue weighted by atomic mass is 16.5. The van der Waals surface area contributed by atoms with Crippen LogP contribution in [0.1, 0.15) is 17.2 Å². The third-order valence-electron chi connectivity index (χ3n) is 3.77. The van der Waals surface area contributed by atoms with Gasteiger partial charge in [-0.3, -0.25) is 4.79 Å². The van der Waals surface area contributed by atoms with E-state index in [1.165, 1.54) is 0 Å². The molecule has 22 heavy (non-hydrogen) atoms. The lowest BCUT2D eigenvalue weighted by Crippen LogP contribution is -2.40. The lowest BCUT2D eigenvalue weighted by molar-refractivity contribution is -0.147. The van der Waals surface area contributed by atoms with Crippen LogP contribution in [0.2, 0.25) is 0 Å². The molecule has 0 aliphatic carbocycles. The Kier molecular flexibility index (Phi) is 4.39. The van der Waals surface area contributed by atoms with Crippen molar-refractivity contribution in [2.24, 2.45) is 0 Å². The van der Waals surface area contributed by atoms with E-state index in [1.54, 1.807) is 11.9 Å². The number of rotatable bonds is 4. The second-order valence-corrected chi connectivity index (χ2v) is 5.42. The van der Waals surface area contributed by atoms with Crippen molar-refractivity contribution < 1.29 is 14.3 Å². The van der Waals surface area contributed by atoms with Crippen LogP contribution in [0, 0.1) is 0 Å². The van der Waals surface area contributed by atoms with Gasteiger partial charge >= 0.3 is 0 Å². The average molecular weight is 297 g/mol. The number of carbonyl (C=O) groups excluding carboxylic acids is 1. The van der Waals surface area contributed by atoms with Gasteiger partial charge in [0.05, 0.1) is 6.54 Å². The molecule has 0 saturated carbocycles. The van der Waals surface area contributed by atoms with Gasteiger partial charge in [0.25, 0.3) is 0 Å². The van der Waals surface area contributed by atoms with Crippen LogP contribution in [0.3, 0.4) is 0 Å². The molecule has 3 rings (SSSR count). The van der Waals surface area contributed by atoms with Crippen molar-refractivity contribution in [1.29, 1.82) is 0 Å². The number of benzene rings is 2. The maximum atomic E-state index is 11.4. The second-order valence-electron chi connectivity index (χ2n) is 5.42. The first-order valence-corrected chi connectivity index (χ1v) is 7.34. The van der Waals surface area contributed by atoms with Crippen molar-refractivity contribution in [1.82, 2.24) is 4.90 Å². The first-order valence-electron chi connectivity index (χ1n) is 7.34. The molecular formula is C18H19NO3.